The van der Waals surface area contributed by atoms with Gasteiger partial charge in [-0.1, -0.05) is 32.0 Å². The zero-order valence-electron chi connectivity index (χ0n) is 19.1. The molecule has 0 unspecified atom stereocenters. The quantitative estimate of drug-likeness (QED) is 0.254. The van der Waals surface area contributed by atoms with Crippen molar-refractivity contribution in [1.82, 2.24) is 0 Å². The number of carbonyl (C=O) groups is 2. The normalized spacial score (nSPS) is 11.9. The SMILES string of the molecule is COC(=O)CCc1ccc(C(=O)CCc2sc3cc(C(F)(F)F)ccc3c2C(C)C)cc1C. The minimum Gasteiger partial charge on any atom is -0.469 e. The Hall–Kier alpha value is -2.67. The van der Waals surface area contributed by atoms with Crippen LogP contribution in [0.25, 0.3) is 10.1 Å². The van der Waals surface area contributed by atoms with Gasteiger partial charge in [0.2, 0.25) is 0 Å². The molecule has 0 bridgehead atoms. The highest BCUT2D eigenvalue weighted by atomic mass is 32.1. The number of methoxy groups -OCH3 is 1. The van der Waals surface area contributed by atoms with Gasteiger partial charge in [0.05, 0.1) is 12.7 Å². The second-order valence-electron chi connectivity index (χ2n) is 8.44. The van der Waals surface area contributed by atoms with Gasteiger partial charge in [-0.05, 0) is 66.0 Å². The number of hydrogen-bond donors (Lipinski definition) is 0. The summed E-state index contributed by atoms with van der Waals surface area (Å²) in [5, 5.41) is 0.830. The van der Waals surface area contributed by atoms with Crippen molar-refractivity contribution < 1.29 is 27.5 Å². The van der Waals surface area contributed by atoms with E-state index in [1.165, 1.54) is 24.5 Å². The molecule has 0 saturated carbocycles. The van der Waals surface area contributed by atoms with E-state index in [0.717, 1.165) is 33.0 Å². The van der Waals surface area contributed by atoms with E-state index in [-0.39, 0.29) is 30.5 Å². The first-order valence-corrected chi connectivity index (χ1v) is 11.6. The summed E-state index contributed by atoms with van der Waals surface area (Å²) >= 11 is 1.34. The standard InChI is InChI=1S/C26H27F3O3S/c1-15(2)25-20-9-8-19(26(27,28)29)14-23(20)33-22(25)11-10-21(30)18-6-5-17(16(3)13-18)7-12-24(31)32-4/h5-6,8-9,13-15H,7,10-12H2,1-4H3. The molecule has 3 aromatic rings. The lowest BCUT2D eigenvalue weighted by Gasteiger charge is -2.10. The minimum absolute atomic E-state index is 0.0132. The van der Waals surface area contributed by atoms with E-state index < -0.39 is 11.7 Å². The molecular weight excluding hydrogens is 449 g/mol. The Bertz CT molecular complexity index is 1180. The number of halogens is 3. The predicted octanol–water partition coefficient (Wildman–Crippen LogP) is 7.27. The molecule has 0 aliphatic heterocycles. The highest BCUT2D eigenvalue weighted by Crippen LogP contribution is 2.40. The van der Waals surface area contributed by atoms with Gasteiger partial charge in [-0.25, -0.2) is 0 Å². The highest BCUT2D eigenvalue weighted by Gasteiger charge is 2.31. The van der Waals surface area contributed by atoms with E-state index in [4.69, 9.17) is 0 Å². The summed E-state index contributed by atoms with van der Waals surface area (Å²) in [4.78, 5) is 25.2. The molecule has 0 amide bonds. The number of fused-ring (bicyclic) bond motifs is 1. The Morgan fingerprint density at radius 1 is 1.03 bits per heavy atom. The lowest BCUT2D eigenvalue weighted by Crippen LogP contribution is -2.05. The first-order chi connectivity index (χ1) is 15.5. The number of ketones is 1. The predicted molar refractivity (Wildman–Crippen MR) is 125 cm³/mol. The van der Waals surface area contributed by atoms with Crippen LogP contribution in [0.4, 0.5) is 13.2 Å². The van der Waals surface area contributed by atoms with Gasteiger partial charge in [0.1, 0.15) is 0 Å². The molecule has 1 aromatic heterocycles. The van der Waals surface area contributed by atoms with Crippen molar-refractivity contribution in [2.24, 2.45) is 0 Å². The third-order valence-corrected chi connectivity index (χ3v) is 7.01. The Morgan fingerprint density at radius 2 is 1.76 bits per heavy atom. The average Bonchev–Trinajstić information content (AvgIpc) is 3.13. The van der Waals surface area contributed by atoms with Crippen molar-refractivity contribution in [3.05, 3.63) is 69.1 Å². The number of rotatable bonds is 8. The van der Waals surface area contributed by atoms with Crippen LogP contribution in [-0.4, -0.2) is 18.9 Å². The van der Waals surface area contributed by atoms with E-state index in [0.29, 0.717) is 23.1 Å². The van der Waals surface area contributed by atoms with Crippen LogP contribution in [0.1, 0.15) is 70.1 Å². The lowest BCUT2D eigenvalue weighted by molar-refractivity contribution is -0.140. The lowest BCUT2D eigenvalue weighted by atomic mass is 9.95. The van der Waals surface area contributed by atoms with Crippen molar-refractivity contribution in [2.75, 3.05) is 7.11 Å². The fourth-order valence-corrected chi connectivity index (χ4v) is 5.42. The number of carbonyl (C=O) groups excluding carboxylic acids is 2. The largest absolute Gasteiger partial charge is 0.469 e. The molecular formula is C26H27F3O3S. The van der Waals surface area contributed by atoms with E-state index in [1.807, 2.05) is 32.9 Å². The maximum absolute atomic E-state index is 13.1. The van der Waals surface area contributed by atoms with Crippen LogP contribution >= 0.6 is 11.3 Å². The fraction of sp³-hybridized carbons (Fsp3) is 0.385. The number of aryl methyl sites for hydroxylation is 3. The minimum atomic E-state index is -4.38. The number of ether oxygens (including phenoxy) is 1. The van der Waals surface area contributed by atoms with Gasteiger partial charge in [-0.3, -0.25) is 9.59 Å². The van der Waals surface area contributed by atoms with Crippen LogP contribution in [0.3, 0.4) is 0 Å². The first kappa shape index (κ1) is 25.0. The van der Waals surface area contributed by atoms with E-state index in [2.05, 4.69) is 4.74 Å². The van der Waals surface area contributed by atoms with E-state index in [9.17, 15) is 22.8 Å². The van der Waals surface area contributed by atoms with Crippen molar-refractivity contribution in [3.8, 4) is 0 Å². The second kappa shape index (κ2) is 10.1. The molecule has 2 aromatic carbocycles. The first-order valence-electron chi connectivity index (χ1n) is 10.8. The maximum Gasteiger partial charge on any atom is 0.416 e. The summed E-state index contributed by atoms with van der Waals surface area (Å²) in [6.45, 7) is 5.94. The molecule has 0 atom stereocenters. The van der Waals surface area contributed by atoms with Gasteiger partial charge in [0, 0.05) is 28.0 Å². The molecule has 3 nitrogen and oxygen atoms in total. The highest BCUT2D eigenvalue weighted by molar-refractivity contribution is 7.19. The van der Waals surface area contributed by atoms with Gasteiger partial charge in [-0.15, -0.1) is 11.3 Å². The molecule has 3 rings (SSSR count). The molecule has 0 fully saturated rings. The fourth-order valence-electron chi connectivity index (χ4n) is 4.02. The number of hydrogen-bond acceptors (Lipinski definition) is 4. The summed E-state index contributed by atoms with van der Waals surface area (Å²) in [7, 11) is 1.35. The van der Waals surface area contributed by atoms with Gasteiger partial charge < -0.3 is 4.74 Å². The molecule has 0 N–H and O–H groups in total. The monoisotopic (exact) mass is 476 g/mol. The van der Waals surface area contributed by atoms with Gasteiger partial charge in [-0.2, -0.15) is 13.2 Å². The average molecular weight is 477 g/mol. The topological polar surface area (TPSA) is 43.4 Å². The van der Waals surface area contributed by atoms with Crippen LogP contribution < -0.4 is 0 Å². The molecule has 176 valence electrons. The Kier molecular flexibility index (Phi) is 7.62. The van der Waals surface area contributed by atoms with E-state index >= 15 is 0 Å². The maximum atomic E-state index is 13.1. The van der Waals surface area contributed by atoms with Crippen LogP contribution in [-0.2, 0) is 28.5 Å². The van der Waals surface area contributed by atoms with Crippen molar-refractivity contribution in [2.45, 2.75) is 58.5 Å². The molecule has 7 heteroatoms. The van der Waals surface area contributed by atoms with Gasteiger partial charge in [0.25, 0.3) is 0 Å². The van der Waals surface area contributed by atoms with Crippen molar-refractivity contribution >= 4 is 33.2 Å². The smallest absolute Gasteiger partial charge is 0.416 e. The summed E-state index contributed by atoms with van der Waals surface area (Å²) in [6.07, 6.45) is -2.79. The van der Waals surface area contributed by atoms with Crippen molar-refractivity contribution in [1.29, 1.82) is 0 Å². The number of benzene rings is 2. The Balaban J connectivity index is 1.78. The summed E-state index contributed by atoms with van der Waals surface area (Å²) in [5.41, 5.74) is 2.89. The molecule has 0 spiro atoms. The summed E-state index contributed by atoms with van der Waals surface area (Å²) < 4.78 is 44.7. The third kappa shape index (κ3) is 5.82. The van der Waals surface area contributed by atoms with Crippen LogP contribution in [0.5, 0.6) is 0 Å². The molecule has 1 heterocycles. The second-order valence-corrected chi connectivity index (χ2v) is 9.58. The molecule has 0 saturated heterocycles. The zero-order chi connectivity index (χ0) is 24.3. The molecule has 33 heavy (non-hydrogen) atoms. The Morgan fingerprint density at radius 3 is 2.36 bits per heavy atom. The molecule has 0 aliphatic carbocycles. The number of esters is 1. The number of Topliss-reactive ketones (excluding diaryl/α,β-unsaturated/α-hetero) is 1. The third-order valence-electron chi connectivity index (χ3n) is 5.78. The molecule has 0 radical (unpaired) electrons. The molecule has 0 aliphatic rings. The van der Waals surface area contributed by atoms with Gasteiger partial charge in [0.15, 0.2) is 5.78 Å². The van der Waals surface area contributed by atoms with E-state index in [1.54, 1.807) is 12.1 Å². The van der Waals surface area contributed by atoms with Crippen LogP contribution in [0.15, 0.2) is 36.4 Å². The zero-order valence-corrected chi connectivity index (χ0v) is 20.0. The van der Waals surface area contributed by atoms with Gasteiger partial charge >= 0.3 is 12.1 Å². The summed E-state index contributed by atoms with van der Waals surface area (Å²) in [5.74, 6) is -0.154. The number of alkyl halides is 3. The van der Waals surface area contributed by atoms with Crippen LogP contribution in [0.2, 0.25) is 0 Å². The van der Waals surface area contributed by atoms with Crippen LogP contribution in [0, 0.1) is 6.92 Å². The Labute approximate surface area is 195 Å². The van der Waals surface area contributed by atoms with Crippen molar-refractivity contribution in [3.63, 3.8) is 0 Å². The number of thiophene rings is 1. The summed E-state index contributed by atoms with van der Waals surface area (Å²) in [6, 6.07) is 9.34.